The highest BCUT2D eigenvalue weighted by Crippen LogP contribution is 2.16. The maximum Gasteiger partial charge on any atom is 0.243 e. The highest BCUT2D eigenvalue weighted by atomic mass is 16.2. The molecule has 0 radical (unpaired) electrons. The Morgan fingerprint density at radius 3 is 2.42 bits per heavy atom. The molecule has 0 saturated carbocycles. The number of hydrogen-bond acceptors (Lipinski definition) is 4. The zero-order valence-electron chi connectivity index (χ0n) is 17.4. The van der Waals surface area contributed by atoms with E-state index in [0.29, 0.717) is 16.9 Å². The monoisotopic (exact) mass is 416 g/mol. The van der Waals surface area contributed by atoms with Gasteiger partial charge < -0.3 is 15.1 Å². The van der Waals surface area contributed by atoms with Crippen molar-refractivity contribution in [1.82, 2.24) is 4.90 Å². The number of carbonyl (C=O) groups excluding carboxylic acids is 3. The van der Waals surface area contributed by atoms with Crippen molar-refractivity contribution < 1.29 is 14.4 Å². The topological polar surface area (TPSA) is 93.5 Å². The van der Waals surface area contributed by atoms with Crippen LogP contribution in [0, 0.1) is 23.7 Å². The van der Waals surface area contributed by atoms with Crippen LogP contribution < -0.4 is 10.2 Å². The van der Waals surface area contributed by atoms with Crippen LogP contribution in [0.4, 0.5) is 11.4 Å². The van der Waals surface area contributed by atoms with Gasteiger partial charge in [-0.15, -0.1) is 6.42 Å². The summed E-state index contributed by atoms with van der Waals surface area (Å²) in [5, 5.41) is 11.6. The molecule has 0 bridgehead atoms. The van der Waals surface area contributed by atoms with Crippen molar-refractivity contribution in [2.45, 2.75) is 19.3 Å². The number of rotatable bonds is 9. The number of amides is 3. The van der Waals surface area contributed by atoms with Gasteiger partial charge in [0.2, 0.25) is 17.7 Å². The molecule has 0 aliphatic heterocycles. The van der Waals surface area contributed by atoms with Crippen LogP contribution in [0.1, 0.15) is 24.8 Å². The summed E-state index contributed by atoms with van der Waals surface area (Å²) in [7, 11) is 1.51. The van der Waals surface area contributed by atoms with Crippen LogP contribution in [0.25, 0.3) is 0 Å². The molecule has 31 heavy (non-hydrogen) atoms. The van der Waals surface area contributed by atoms with Gasteiger partial charge in [-0.25, -0.2) is 0 Å². The lowest BCUT2D eigenvalue weighted by atomic mass is 10.2. The van der Waals surface area contributed by atoms with Gasteiger partial charge in [0.25, 0.3) is 0 Å². The van der Waals surface area contributed by atoms with Crippen molar-refractivity contribution in [2.24, 2.45) is 0 Å². The number of likely N-dealkylation sites (N-methyl/N-ethyl adjacent to an activating group) is 1. The lowest BCUT2D eigenvalue weighted by Crippen LogP contribution is -2.36. The lowest BCUT2D eigenvalue weighted by molar-refractivity contribution is -0.134. The Hall–Kier alpha value is -4.10. The van der Waals surface area contributed by atoms with Crippen LogP contribution in [-0.4, -0.2) is 42.8 Å². The second-order valence-corrected chi connectivity index (χ2v) is 6.81. The van der Waals surface area contributed by atoms with Gasteiger partial charge in [0.15, 0.2) is 0 Å². The molecule has 158 valence electrons. The van der Waals surface area contributed by atoms with Gasteiger partial charge in [0.1, 0.15) is 0 Å². The summed E-state index contributed by atoms with van der Waals surface area (Å²) >= 11 is 0. The Balaban J connectivity index is 1.88. The van der Waals surface area contributed by atoms with Gasteiger partial charge in [-0.05, 0) is 30.3 Å². The molecule has 0 unspecified atom stereocenters. The summed E-state index contributed by atoms with van der Waals surface area (Å²) in [5.74, 6) is 1.55. The van der Waals surface area contributed by atoms with E-state index in [9.17, 15) is 14.4 Å². The third kappa shape index (κ3) is 7.34. The van der Waals surface area contributed by atoms with E-state index in [4.69, 9.17) is 11.7 Å². The Labute approximate surface area is 182 Å². The zero-order valence-corrected chi connectivity index (χ0v) is 17.4. The number of carbonyl (C=O) groups is 3. The Morgan fingerprint density at radius 1 is 1.03 bits per heavy atom. The molecule has 7 nitrogen and oxygen atoms in total. The first kappa shape index (κ1) is 23.2. The molecule has 3 amide bonds. The van der Waals surface area contributed by atoms with Crippen molar-refractivity contribution in [3.63, 3.8) is 0 Å². The van der Waals surface area contributed by atoms with Crippen molar-refractivity contribution >= 4 is 29.1 Å². The van der Waals surface area contributed by atoms with Crippen LogP contribution in [0.15, 0.2) is 54.6 Å². The second-order valence-electron chi connectivity index (χ2n) is 6.81. The quantitative estimate of drug-likeness (QED) is 0.636. The van der Waals surface area contributed by atoms with Crippen molar-refractivity contribution in [3.05, 3.63) is 60.2 Å². The summed E-state index contributed by atoms with van der Waals surface area (Å²) in [5.41, 5.74) is 1.87. The number of nitrogens with one attached hydrogen (secondary N) is 1. The summed E-state index contributed by atoms with van der Waals surface area (Å²) in [6, 6.07) is 17.9. The number of nitrogens with zero attached hydrogens (tertiary/aromatic N) is 3. The summed E-state index contributed by atoms with van der Waals surface area (Å²) in [6.45, 7) is 0.104. The van der Waals surface area contributed by atoms with Crippen molar-refractivity contribution in [2.75, 3.05) is 30.4 Å². The molecule has 0 heterocycles. The smallest absolute Gasteiger partial charge is 0.243 e. The fraction of sp³-hybridized carbons (Fsp3) is 0.250. The minimum absolute atomic E-state index is 0.0185. The van der Waals surface area contributed by atoms with E-state index < -0.39 is 0 Å². The average molecular weight is 416 g/mol. The molecule has 2 aromatic rings. The highest BCUT2D eigenvalue weighted by molar-refractivity contribution is 5.97. The first-order chi connectivity index (χ1) is 14.9. The van der Waals surface area contributed by atoms with Crippen LogP contribution in [0.2, 0.25) is 0 Å². The van der Waals surface area contributed by atoms with Crippen LogP contribution in [0.3, 0.4) is 0 Å². The normalized spacial score (nSPS) is 9.77. The fourth-order valence-corrected chi connectivity index (χ4v) is 2.90. The van der Waals surface area contributed by atoms with Crippen LogP contribution >= 0.6 is 0 Å². The van der Waals surface area contributed by atoms with Crippen LogP contribution in [-0.2, 0) is 14.4 Å². The number of terminal acetylenes is 1. The number of anilines is 2. The molecule has 0 aliphatic rings. The molecule has 2 aromatic carbocycles. The summed E-state index contributed by atoms with van der Waals surface area (Å²) < 4.78 is 0. The molecule has 0 spiro atoms. The average Bonchev–Trinajstić information content (AvgIpc) is 2.78. The molecular weight excluding hydrogens is 392 g/mol. The second kappa shape index (κ2) is 11.8. The molecule has 7 heteroatoms. The summed E-state index contributed by atoms with van der Waals surface area (Å²) in [4.78, 5) is 40.0. The van der Waals surface area contributed by atoms with E-state index >= 15 is 0 Å². The van der Waals surface area contributed by atoms with Gasteiger partial charge in [-0.2, -0.15) is 5.26 Å². The maximum absolute atomic E-state index is 12.7. The predicted octanol–water partition coefficient (Wildman–Crippen LogP) is 2.79. The molecule has 0 aromatic heterocycles. The summed E-state index contributed by atoms with van der Waals surface area (Å²) in [6.07, 6.45) is 5.49. The number of benzene rings is 2. The SMILES string of the molecule is C#Cc1cccc(NC(=O)CN(C)C(=O)CCC(=O)N(CCC#N)c2ccccc2)c1. The van der Waals surface area contributed by atoms with E-state index in [1.165, 1.54) is 16.8 Å². The third-order valence-corrected chi connectivity index (χ3v) is 4.49. The predicted molar refractivity (Wildman–Crippen MR) is 119 cm³/mol. The molecule has 0 saturated heterocycles. The Morgan fingerprint density at radius 2 is 1.74 bits per heavy atom. The fourth-order valence-electron chi connectivity index (χ4n) is 2.90. The number of para-hydroxylation sites is 1. The van der Waals surface area contributed by atoms with E-state index in [0.717, 1.165) is 0 Å². The maximum atomic E-state index is 12.7. The van der Waals surface area contributed by atoms with Gasteiger partial charge in [-0.1, -0.05) is 30.2 Å². The lowest BCUT2D eigenvalue weighted by Gasteiger charge is -2.22. The molecule has 0 atom stereocenters. The highest BCUT2D eigenvalue weighted by Gasteiger charge is 2.19. The molecule has 0 fully saturated rings. The van der Waals surface area contributed by atoms with Crippen molar-refractivity contribution in [1.29, 1.82) is 5.26 Å². The minimum atomic E-state index is -0.365. The van der Waals surface area contributed by atoms with Gasteiger partial charge >= 0.3 is 0 Å². The van der Waals surface area contributed by atoms with Crippen LogP contribution in [0.5, 0.6) is 0 Å². The Kier molecular flexibility index (Phi) is 8.82. The number of nitriles is 1. The van der Waals surface area contributed by atoms with E-state index in [2.05, 4.69) is 11.2 Å². The number of hydrogen-bond donors (Lipinski definition) is 1. The van der Waals surface area contributed by atoms with Gasteiger partial charge in [0, 0.05) is 43.4 Å². The largest absolute Gasteiger partial charge is 0.336 e. The molecule has 1 N–H and O–H groups in total. The van der Waals surface area contributed by atoms with Gasteiger partial charge in [0.05, 0.1) is 19.0 Å². The van der Waals surface area contributed by atoms with E-state index in [-0.39, 0.29) is 50.1 Å². The van der Waals surface area contributed by atoms with E-state index in [1.54, 1.807) is 48.5 Å². The third-order valence-electron chi connectivity index (χ3n) is 4.49. The molecular formula is C24H24N4O3. The standard InChI is InChI=1S/C24H24N4O3/c1-3-19-9-7-10-20(17-19)26-22(29)18-27(2)23(30)13-14-24(31)28(16-8-15-25)21-11-5-4-6-12-21/h1,4-7,9-12,17H,8,13-14,16,18H2,2H3,(H,26,29). The zero-order chi connectivity index (χ0) is 22.6. The van der Waals surface area contributed by atoms with E-state index in [1.807, 2.05) is 12.1 Å². The first-order valence-electron chi connectivity index (χ1n) is 9.77. The minimum Gasteiger partial charge on any atom is -0.336 e. The van der Waals surface area contributed by atoms with Gasteiger partial charge in [-0.3, -0.25) is 14.4 Å². The first-order valence-corrected chi connectivity index (χ1v) is 9.77. The molecule has 0 aliphatic carbocycles. The van der Waals surface area contributed by atoms with Crippen molar-refractivity contribution in [3.8, 4) is 18.4 Å². The Bertz CT molecular complexity index is 1010. The molecule has 2 rings (SSSR count).